The first-order chi connectivity index (χ1) is 17.5. The van der Waals surface area contributed by atoms with Crippen molar-refractivity contribution in [3.8, 4) is 0 Å². The quantitative estimate of drug-likeness (QED) is 0.268. The van der Waals surface area contributed by atoms with Gasteiger partial charge in [0.2, 0.25) is 0 Å². The van der Waals surface area contributed by atoms with Crippen LogP contribution in [0.3, 0.4) is 0 Å². The molecule has 0 spiro atoms. The molecule has 0 aliphatic heterocycles. The van der Waals surface area contributed by atoms with Crippen molar-refractivity contribution < 1.29 is 0 Å². The van der Waals surface area contributed by atoms with Gasteiger partial charge in [0, 0.05) is 5.92 Å². The van der Waals surface area contributed by atoms with Gasteiger partial charge >= 0.3 is 0 Å². The summed E-state index contributed by atoms with van der Waals surface area (Å²) < 4.78 is 0. The Kier molecular flexibility index (Phi) is 9.33. The molecule has 0 bridgehead atoms. The second-order valence-electron chi connectivity index (χ2n) is 11.7. The molecule has 0 nitrogen and oxygen atoms in total. The Morgan fingerprint density at radius 1 is 0.459 bits per heavy atom. The van der Waals surface area contributed by atoms with Crippen LogP contribution >= 0.6 is 0 Å². The number of hydrogen-bond acceptors (Lipinski definition) is 0. The molecule has 0 saturated heterocycles. The predicted octanol–water partition coefficient (Wildman–Crippen LogP) is 10.6. The molecule has 4 aromatic carbocycles. The maximum Gasteiger partial charge on any atom is 0.0138 e. The molecule has 0 fully saturated rings. The maximum atomic E-state index is 2.32. The third-order valence-corrected chi connectivity index (χ3v) is 6.87. The summed E-state index contributed by atoms with van der Waals surface area (Å²) in [5.41, 5.74) is 13.5. The van der Waals surface area contributed by atoms with Gasteiger partial charge in [-0.05, 0) is 74.8 Å². The zero-order valence-corrected chi connectivity index (χ0v) is 24.3. The summed E-state index contributed by atoms with van der Waals surface area (Å²) >= 11 is 0. The molecule has 0 saturated carbocycles. The van der Waals surface area contributed by atoms with Crippen LogP contribution in [0, 0.1) is 33.1 Å². The zero-order valence-electron chi connectivity index (χ0n) is 24.3. The van der Waals surface area contributed by atoms with Crippen molar-refractivity contribution >= 4 is 5.57 Å². The van der Waals surface area contributed by atoms with E-state index in [1.54, 1.807) is 0 Å². The third-order valence-electron chi connectivity index (χ3n) is 6.87. The van der Waals surface area contributed by atoms with Crippen molar-refractivity contribution in [2.45, 2.75) is 68.2 Å². The first-order valence-electron chi connectivity index (χ1n) is 13.4. The van der Waals surface area contributed by atoms with E-state index in [2.05, 4.69) is 159 Å². The van der Waals surface area contributed by atoms with Gasteiger partial charge in [0.05, 0.1) is 0 Å². The molecule has 0 aliphatic rings. The molecule has 0 aliphatic carbocycles. The molecule has 0 N–H and O–H groups in total. The lowest BCUT2D eigenvalue weighted by Crippen LogP contribution is -2.19. The smallest absolute Gasteiger partial charge is 0.0138 e. The molecular formula is C37H44. The molecule has 4 aromatic rings. The van der Waals surface area contributed by atoms with Crippen LogP contribution in [-0.4, -0.2) is 0 Å². The predicted molar refractivity (Wildman–Crippen MR) is 163 cm³/mol. The minimum atomic E-state index is 0.213. The standard InChI is InChI=1S/C19H24.C18H20/c1-14-6-10-16(11-7-14)18(19(3,4)5)17-12-8-15(2)9-13-17;1-13(2)18(16-9-5-14(3)6-10-16)17-11-7-15(4)8-12-17/h6-13,18H,1-5H3;5-12H,1-4H3. The van der Waals surface area contributed by atoms with E-state index in [-0.39, 0.29) is 5.41 Å². The SMILES string of the molecule is CC(C)=C(c1ccc(C)cc1)c1ccc(C)cc1.Cc1ccc(C(c2ccc(C)cc2)C(C)(C)C)cc1. The molecule has 0 radical (unpaired) electrons. The van der Waals surface area contributed by atoms with Crippen LogP contribution in [0.5, 0.6) is 0 Å². The number of benzene rings is 4. The largest absolute Gasteiger partial charge is 0.0680 e. The highest BCUT2D eigenvalue weighted by molar-refractivity contribution is 5.81. The summed E-state index contributed by atoms with van der Waals surface area (Å²) in [6, 6.07) is 35.4. The highest BCUT2D eigenvalue weighted by Gasteiger charge is 2.27. The highest BCUT2D eigenvalue weighted by Crippen LogP contribution is 2.40. The van der Waals surface area contributed by atoms with Gasteiger partial charge in [-0.3, -0.25) is 0 Å². The van der Waals surface area contributed by atoms with Gasteiger partial charge in [-0.15, -0.1) is 0 Å². The first kappa shape index (κ1) is 28.2. The number of allylic oxidation sites excluding steroid dienone is 1. The van der Waals surface area contributed by atoms with Gasteiger partial charge in [0.25, 0.3) is 0 Å². The Morgan fingerprint density at radius 3 is 0.973 bits per heavy atom. The van der Waals surface area contributed by atoms with E-state index >= 15 is 0 Å². The van der Waals surface area contributed by atoms with E-state index in [9.17, 15) is 0 Å². The van der Waals surface area contributed by atoms with Crippen LogP contribution in [0.25, 0.3) is 5.57 Å². The Balaban J connectivity index is 0.000000206. The van der Waals surface area contributed by atoms with Crippen LogP contribution in [0.2, 0.25) is 0 Å². The van der Waals surface area contributed by atoms with Crippen molar-refractivity contribution in [2.24, 2.45) is 5.41 Å². The lowest BCUT2D eigenvalue weighted by Gasteiger charge is -2.32. The Bertz CT molecular complexity index is 1190. The van der Waals surface area contributed by atoms with Crippen molar-refractivity contribution in [3.05, 3.63) is 147 Å². The molecular weight excluding hydrogens is 444 g/mol. The lowest BCUT2D eigenvalue weighted by molar-refractivity contribution is 0.358. The van der Waals surface area contributed by atoms with Gasteiger partial charge in [-0.2, -0.15) is 0 Å². The summed E-state index contributed by atoms with van der Waals surface area (Å²) in [6.07, 6.45) is 0. The van der Waals surface area contributed by atoms with Crippen LogP contribution in [-0.2, 0) is 0 Å². The van der Waals surface area contributed by atoms with Crippen molar-refractivity contribution in [1.29, 1.82) is 0 Å². The minimum absolute atomic E-state index is 0.213. The molecule has 0 unspecified atom stereocenters. The van der Waals surface area contributed by atoms with Gasteiger partial charge in [-0.25, -0.2) is 0 Å². The minimum Gasteiger partial charge on any atom is -0.0680 e. The third kappa shape index (κ3) is 7.80. The first-order valence-corrected chi connectivity index (χ1v) is 13.4. The average Bonchev–Trinajstić information content (AvgIpc) is 2.84. The van der Waals surface area contributed by atoms with Crippen LogP contribution in [0.1, 0.15) is 85.0 Å². The van der Waals surface area contributed by atoms with Gasteiger partial charge < -0.3 is 0 Å². The summed E-state index contributed by atoms with van der Waals surface area (Å²) in [7, 11) is 0. The van der Waals surface area contributed by atoms with Crippen LogP contribution in [0.4, 0.5) is 0 Å². The van der Waals surface area contributed by atoms with Crippen molar-refractivity contribution in [3.63, 3.8) is 0 Å². The summed E-state index contributed by atoms with van der Waals surface area (Å²) in [5.74, 6) is 0.439. The second-order valence-corrected chi connectivity index (χ2v) is 11.7. The molecule has 0 heterocycles. The van der Waals surface area contributed by atoms with Crippen LogP contribution in [0.15, 0.2) is 103 Å². The Hall–Kier alpha value is -3.38. The maximum absolute atomic E-state index is 2.32. The average molecular weight is 489 g/mol. The molecule has 0 atom stereocenters. The molecule has 37 heavy (non-hydrogen) atoms. The van der Waals surface area contributed by atoms with Gasteiger partial charge in [-0.1, -0.05) is 146 Å². The second kappa shape index (κ2) is 12.2. The summed E-state index contributed by atoms with van der Waals surface area (Å²) in [6.45, 7) is 19.8. The molecule has 192 valence electrons. The lowest BCUT2D eigenvalue weighted by atomic mass is 9.72. The Labute approximate surface area is 226 Å². The zero-order chi connectivity index (χ0) is 27.2. The molecule has 0 heteroatoms. The fraction of sp³-hybridized carbons (Fsp3) is 0.297. The number of hydrogen-bond donors (Lipinski definition) is 0. The Morgan fingerprint density at radius 2 is 0.730 bits per heavy atom. The van der Waals surface area contributed by atoms with Gasteiger partial charge in [0.1, 0.15) is 0 Å². The fourth-order valence-corrected chi connectivity index (χ4v) is 4.89. The normalized spacial score (nSPS) is 11.1. The van der Waals surface area contributed by atoms with E-state index in [0.717, 1.165) is 0 Å². The van der Waals surface area contributed by atoms with E-state index in [4.69, 9.17) is 0 Å². The fourth-order valence-electron chi connectivity index (χ4n) is 4.89. The number of rotatable bonds is 4. The van der Waals surface area contributed by atoms with E-state index < -0.39 is 0 Å². The molecule has 0 amide bonds. The van der Waals surface area contributed by atoms with Gasteiger partial charge in [0.15, 0.2) is 0 Å². The highest BCUT2D eigenvalue weighted by atomic mass is 14.3. The summed E-state index contributed by atoms with van der Waals surface area (Å²) in [5, 5.41) is 0. The topological polar surface area (TPSA) is 0 Å². The number of aryl methyl sites for hydroxylation is 4. The monoisotopic (exact) mass is 488 g/mol. The van der Waals surface area contributed by atoms with E-state index in [1.165, 1.54) is 55.7 Å². The molecule has 0 aromatic heterocycles. The van der Waals surface area contributed by atoms with E-state index in [1.807, 2.05) is 0 Å². The van der Waals surface area contributed by atoms with Crippen LogP contribution < -0.4 is 0 Å². The summed E-state index contributed by atoms with van der Waals surface area (Å²) in [4.78, 5) is 0. The van der Waals surface area contributed by atoms with Crippen molar-refractivity contribution in [1.82, 2.24) is 0 Å². The van der Waals surface area contributed by atoms with E-state index in [0.29, 0.717) is 5.92 Å². The van der Waals surface area contributed by atoms with Crippen molar-refractivity contribution in [2.75, 3.05) is 0 Å². The molecule has 4 rings (SSSR count).